The largest absolute Gasteiger partial charge is 0.306 e. The summed E-state index contributed by atoms with van der Waals surface area (Å²) in [4.78, 5) is 0. The van der Waals surface area contributed by atoms with Gasteiger partial charge >= 0.3 is 0 Å². The van der Waals surface area contributed by atoms with Gasteiger partial charge in [-0.3, -0.25) is 9.36 Å². The summed E-state index contributed by atoms with van der Waals surface area (Å²) in [6.07, 6.45) is 3.95. The maximum Gasteiger partial charge on any atom is 0.0641 e. The van der Waals surface area contributed by atoms with Crippen molar-refractivity contribution in [2.75, 3.05) is 0 Å². The van der Waals surface area contributed by atoms with Crippen LogP contribution in [0.25, 0.3) is 0 Å². The lowest BCUT2D eigenvalue weighted by Crippen LogP contribution is -2.18. The van der Waals surface area contributed by atoms with Gasteiger partial charge in [-0.05, 0) is 20.8 Å². The molecule has 0 aliphatic heterocycles. The van der Waals surface area contributed by atoms with Crippen LogP contribution < -0.4 is 5.32 Å². The fourth-order valence-electron chi connectivity index (χ4n) is 2.11. The molecule has 5 heteroatoms. The lowest BCUT2D eigenvalue weighted by Gasteiger charge is -2.12. The van der Waals surface area contributed by atoms with Gasteiger partial charge in [0.05, 0.1) is 11.9 Å². The maximum atomic E-state index is 4.43. The van der Waals surface area contributed by atoms with E-state index in [9.17, 15) is 0 Å². The number of nitrogens with one attached hydrogen (secondary N) is 1. The molecule has 0 spiro atoms. The average Bonchev–Trinajstić information content (AvgIpc) is 2.83. The minimum Gasteiger partial charge on any atom is -0.306 e. The Bertz CT molecular complexity index is 538. The van der Waals surface area contributed by atoms with Crippen LogP contribution in [0.4, 0.5) is 0 Å². The predicted molar refractivity (Wildman–Crippen MR) is 71.1 cm³/mol. The van der Waals surface area contributed by atoms with E-state index in [1.807, 2.05) is 35.9 Å². The zero-order valence-corrected chi connectivity index (χ0v) is 11.7. The van der Waals surface area contributed by atoms with Crippen LogP contribution in [0, 0.1) is 13.8 Å². The summed E-state index contributed by atoms with van der Waals surface area (Å²) in [6, 6.07) is 0.290. The van der Waals surface area contributed by atoms with E-state index in [4.69, 9.17) is 0 Å². The second-order valence-electron chi connectivity index (χ2n) is 4.82. The van der Waals surface area contributed by atoms with Gasteiger partial charge in [0.2, 0.25) is 0 Å². The molecule has 0 radical (unpaired) electrons. The van der Waals surface area contributed by atoms with Crippen LogP contribution in [0.5, 0.6) is 0 Å². The Morgan fingerprint density at radius 1 is 1.33 bits per heavy atom. The molecule has 2 rings (SSSR count). The monoisotopic (exact) mass is 247 g/mol. The molecule has 2 heterocycles. The lowest BCUT2D eigenvalue weighted by atomic mass is 10.1. The second kappa shape index (κ2) is 4.94. The molecule has 0 aromatic carbocycles. The van der Waals surface area contributed by atoms with Gasteiger partial charge in [0.25, 0.3) is 0 Å². The summed E-state index contributed by atoms with van der Waals surface area (Å²) < 4.78 is 3.76. The number of hydrogen-bond acceptors (Lipinski definition) is 3. The van der Waals surface area contributed by atoms with E-state index in [1.54, 1.807) is 0 Å². The molecule has 1 atom stereocenters. The summed E-state index contributed by atoms with van der Waals surface area (Å²) in [5.74, 6) is 0. The van der Waals surface area contributed by atoms with Crippen LogP contribution in [0.3, 0.4) is 0 Å². The fourth-order valence-corrected chi connectivity index (χ4v) is 2.11. The Labute approximate surface area is 108 Å². The molecule has 98 valence electrons. The van der Waals surface area contributed by atoms with Crippen molar-refractivity contribution in [3.63, 3.8) is 0 Å². The molecule has 0 saturated heterocycles. The Kier molecular flexibility index (Phi) is 3.52. The van der Waals surface area contributed by atoms with E-state index in [0.29, 0.717) is 0 Å². The van der Waals surface area contributed by atoms with Crippen molar-refractivity contribution in [1.29, 1.82) is 0 Å². The Morgan fingerprint density at radius 3 is 2.56 bits per heavy atom. The first-order valence-electron chi connectivity index (χ1n) is 6.20. The highest BCUT2D eigenvalue weighted by atomic mass is 15.3. The van der Waals surface area contributed by atoms with Gasteiger partial charge in [0.1, 0.15) is 0 Å². The molecule has 0 aliphatic rings. The topological polar surface area (TPSA) is 47.7 Å². The van der Waals surface area contributed by atoms with E-state index in [0.717, 1.165) is 12.2 Å². The van der Waals surface area contributed by atoms with Gasteiger partial charge < -0.3 is 5.32 Å². The van der Waals surface area contributed by atoms with Gasteiger partial charge in [0.15, 0.2) is 0 Å². The highest BCUT2D eigenvalue weighted by molar-refractivity contribution is 5.24. The van der Waals surface area contributed by atoms with E-state index in [-0.39, 0.29) is 6.04 Å². The zero-order valence-electron chi connectivity index (χ0n) is 11.7. The van der Waals surface area contributed by atoms with E-state index >= 15 is 0 Å². The van der Waals surface area contributed by atoms with Gasteiger partial charge in [-0.1, -0.05) is 0 Å². The molecule has 0 bridgehead atoms. The van der Waals surface area contributed by atoms with Crippen LogP contribution in [0.1, 0.15) is 35.5 Å². The number of nitrogens with zero attached hydrogens (tertiary/aromatic N) is 4. The molecular weight excluding hydrogens is 226 g/mol. The molecule has 5 nitrogen and oxygen atoms in total. The summed E-state index contributed by atoms with van der Waals surface area (Å²) in [7, 11) is 3.92. The second-order valence-corrected chi connectivity index (χ2v) is 4.82. The first kappa shape index (κ1) is 12.8. The number of hydrogen-bond donors (Lipinski definition) is 1. The van der Waals surface area contributed by atoms with E-state index in [1.165, 1.54) is 16.8 Å². The molecule has 0 aliphatic carbocycles. The SMILES string of the molecule is Cc1nn(C)c(C)c1CNC(C)c1cnn(C)c1. The molecule has 2 aromatic heterocycles. The molecular formula is C13H21N5. The van der Waals surface area contributed by atoms with Crippen molar-refractivity contribution in [2.24, 2.45) is 14.1 Å². The lowest BCUT2D eigenvalue weighted by molar-refractivity contribution is 0.571. The minimum atomic E-state index is 0.290. The third-order valence-electron chi connectivity index (χ3n) is 3.47. The molecule has 1 N–H and O–H groups in total. The minimum absolute atomic E-state index is 0.290. The van der Waals surface area contributed by atoms with Crippen LogP contribution in [-0.4, -0.2) is 19.6 Å². The summed E-state index contributed by atoms with van der Waals surface area (Å²) in [5, 5.41) is 12.1. The van der Waals surface area contributed by atoms with E-state index < -0.39 is 0 Å². The molecule has 18 heavy (non-hydrogen) atoms. The van der Waals surface area contributed by atoms with Crippen LogP contribution in [0.15, 0.2) is 12.4 Å². The quantitative estimate of drug-likeness (QED) is 0.893. The van der Waals surface area contributed by atoms with Crippen molar-refractivity contribution in [2.45, 2.75) is 33.4 Å². The number of rotatable bonds is 4. The number of aryl methyl sites for hydroxylation is 3. The van der Waals surface area contributed by atoms with Gasteiger partial charge in [-0.25, -0.2) is 0 Å². The standard InChI is InChI=1S/C13H21N5/c1-9(12-6-15-17(4)8-12)14-7-13-10(2)16-18(5)11(13)3/h6,8-9,14H,7H2,1-5H3. The first-order valence-corrected chi connectivity index (χ1v) is 6.20. The summed E-state index contributed by atoms with van der Waals surface area (Å²) in [5.41, 5.74) is 4.81. The molecule has 2 aromatic rings. The van der Waals surface area contributed by atoms with Crippen LogP contribution in [-0.2, 0) is 20.6 Å². The third-order valence-corrected chi connectivity index (χ3v) is 3.47. The van der Waals surface area contributed by atoms with E-state index in [2.05, 4.69) is 36.3 Å². The van der Waals surface area contributed by atoms with Crippen LogP contribution >= 0.6 is 0 Å². The normalized spacial score (nSPS) is 12.9. The molecule has 1 unspecified atom stereocenters. The fraction of sp³-hybridized carbons (Fsp3) is 0.538. The highest BCUT2D eigenvalue weighted by Gasteiger charge is 2.12. The van der Waals surface area contributed by atoms with Crippen LogP contribution in [0.2, 0.25) is 0 Å². The van der Waals surface area contributed by atoms with Gasteiger partial charge in [-0.2, -0.15) is 10.2 Å². The summed E-state index contributed by atoms with van der Waals surface area (Å²) >= 11 is 0. The van der Waals surface area contributed by atoms with Crippen molar-refractivity contribution in [3.05, 3.63) is 34.9 Å². The first-order chi connectivity index (χ1) is 8.49. The number of aromatic nitrogens is 4. The maximum absolute atomic E-state index is 4.43. The Morgan fingerprint density at radius 2 is 2.06 bits per heavy atom. The van der Waals surface area contributed by atoms with Crippen molar-refractivity contribution >= 4 is 0 Å². The average molecular weight is 247 g/mol. The Balaban J connectivity index is 2.03. The Hall–Kier alpha value is -1.62. The zero-order chi connectivity index (χ0) is 13.3. The van der Waals surface area contributed by atoms with Crippen molar-refractivity contribution in [1.82, 2.24) is 24.9 Å². The summed E-state index contributed by atoms with van der Waals surface area (Å²) in [6.45, 7) is 7.14. The van der Waals surface area contributed by atoms with Gasteiger partial charge in [0, 0.05) is 49.7 Å². The molecule has 0 amide bonds. The highest BCUT2D eigenvalue weighted by Crippen LogP contribution is 2.15. The van der Waals surface area contributed by atoms with Crippen molar-refractivity contribution < 1.29 is 0 Å². The van der Waals surface area contributed by atoms with Crippen molar-refractivity contribution in [3.8, 4) is 0 Å². The predicted octanol–water partition coefficient (Wildman–Crippen LogP) is 1.62. The van der Waals surface area contributed by atoms with Gasteiger partial charge in [-0.15, -0.1) is 0 Å². The smallest absolute Gasteiger partial charge is 0.0641 e. The third kappa shape index (κ3) is 2.46. The molecule has 0 saturated carbocycles. The molecule has 0 fully saturated rings.